The highest BCUT2D eigenvalue weighted by molar-refractivity contribution is 6.31. The predicted octanol–water partition coefficient (Wildman–Crippen LogP) is 4.19. The van der Waals surface area contributed by atoms with Crippen LogP contribution in [0, 0.1) is 20.8 Å². The number of rotatable bonds is 4. The molecule has 6 heteroatoms. The maximum absolute atomic E-state index is 12.6. The van der Waals surface area contributed by atoms with Crippen LogP contribution in [0.5, 0.6) is 0 Å². The van der Waals surface area contributed by atoms with Crippen LogP contribution in [0.15, 0.2) is 52.4 Å². The minimum absolute atomic E-state index is 0.174. The third-order valence-corrected chi connectivity index (χ3v) is 4.38. The van der Waals surface area contributed by atoms with Crippen LogP contribution >= 0.6 is 11.6 Å². The molecule has 5 nitrogen and oxygen atoms in total. The largest absolute Gasteiger partial charge is 0.295 e. The summed E-state index contributed by atoms with van der Waals surface area (Å²) in [4.78, 5) is 12.6. The maximum Gasteiger partial charge on any atom is 0.280 e. The Balaban J connectivity index is 1.86. The van der Waals surface area contributed by atoms with Crippen LogP contribution in [0.1, 0.15) is 22.4 Å². The SMILES string of the molecule is Cc1ccc(NN=Cc2c(C)[nH]n(-c3ccc(C)c(Cl)c3)c2=O)cc1. The van der Waals surface area contributed by atoms with Crippen molar-refractivity contribution in [2.24, 2.45) is 5.10 Å². The Bertz CT molecular complexity index is 984. The summed E-state index contributed by atoms with van der Waals surface area (Å²) >= 11 is 6.16. The van der Waals surface area contributed by atoms with Crippen LogP contribution in [0.4, 0.5) is 5.69 Å². The Hall–Kier alpha value is -2.79. The molecule has 0 saturated carbocycles. The number of hydrogen-bond acceptors (Lipinski definition) is 3. The van der Waals surface area contributed by atoms with E-state index in [0.717, 1.165) is 16.9 Å². The van der Waals surface area contributed by atoms with E-state index in [9.17, 15) is 4.79 Å². The fourth-order valence-corrected chi connectivity index (χ4v) is 2.59. The molecule has 0 fully saturated rings. The Labute approximate surface area is 150 Å². The predicted molar refractivity (Wildman–Crippen MR) is 103 cm³/mol. The number of aromatic nitrogens is 2. The molecule has 0 saturated heterocycles. The zero-order valence-corrected chi connectivity index (χ0v) is 15.1. The van der Waals surface area contributed by atoms with Gasteiger partial charge < -0.3 is 0 Å². The zero-order valence-electron chi connectivity index (χ0n) is 14.3. The van der Waals surface area contributed by atoms with E-state index in [-0.39, 0.29) is 5.56 Å². The first-order chi connectivity index (χ1) is 12.0. The Morgan fingerprint density at radius 2 is 1.84 bits per heavy atom. The Kier molecular flexibility index (Phi) is 4.76. The molecule has 128 valence electrons. The van der Waals surface area contributed by atoms with Crippen molar-refractivity contribution in [2.45, 2.75) is 20.8 Å². The Morgan fingerprint density at radius 1 is 1.12 bits per heavy atom. The maximum atomic E-state index is 12.6. The van der Waals surface area contributed by atoms with Crippen molar-refractivity contribution in [1.82, 2.24) is 9.78 Å². The monoisotopic (exact) mass is 354 g/mol. The summed E-state index contributed by atoms with van der Waals surface area (Å²) in [7, 11) is 0. The molecule has 0 atom stereocenters. The van der Waals surface area contributed by atoms with Crippen molar-refractivity contribution in [1.29, 1.82) is 0 Å². The number of hydrazone groups is 1. The van der Waals surface area contributed by atoms with Crippen LogP contribution in [0.2, 0.25) is 5.02 Å². The van der Waals surface area contributed by atoms with Crippen LogP contribution in [-0.2, 0) is 0 Å². The average Bonchev–Trinajstić information content (AvgIpc) is 2.87. The van der Waals surface area contributed by atoms with Crippen molar-refractivity contribution in [3.63, 3.8) is 0 Å². The van der Waals surface area contributed by atoms with Gasteiger partial charge in [0.2, 0.25) is 0 Å². The van der Waals surface area contributed by atoms with E-state index in [1.807, 2.05) is 57.2 Å². The van der Waals surface area contributed by atoms with Gasteiger partial charge in [-0.2, -0.15) is 5.10 Å². The molecule has 0 aliphatic carbocycles. The first kappa shape index (κ1) is 17.0. The highest BCUT2D eigenvalue weighted by Gasteiger charge is 2.11. The van der Waals surface area contributed by atoms with Crippen molar-refractivity contribution in [3.8, 4) is 5.69 Å². The number of anilines is 1. The van der Waals surface area contributed by atoms with Gasteiger partial charge in [-0.15, -0.1) is 0 Å². The first-order valence-electron chi connectivity index (χ1n) is 7.89. The quantitative estimate of drug-likeness (QED) is 0.545. The number of nitrogens with one attached hydrogen (secondary N) is 2. The fraction of sp³-hybridized carbons (Fsp3) is 0.158. The van der Waals surface area contributed by atoms with E-state index in [1.165, 1.54) is 16.5 Å². The third kappa shape index (κ3) is 3.67. The molecular formula is C19H19ClN4O. The summed E-state index contributed by atoms with van der Waals surface area (Å²) in [6, 6.07) is 13.4. The van der Waals surface area contributed by atoms with Crippen LogP contribution in [0.3, 0.4) is 0 Å². The first-order valence-corrected chi connectivity index (χ1v) is 8.27. The molecule has 0 aliphatic rings. The van der Waals surface area contributed by atoms with Crippen LogP contribution < -0.4 is 11.0 Å². The minimum atomic E-state index is -0.174. The fourth-order valence-electron chi connectivity index (χ4n) is 2.41. The number of benzene rings is 2. The number of aromatic amines is 1. The van der Waals surface area contributed by atoms with Gasteiger partial charge in [0, 0.05) is 10.7 Å². The molecule has 0 unspecified atom stereocenters. The van der Waals surface area contributed by atoms with Gasteiger partial charge in [-0.1, -0.05) is 35.4 Å². The van der Waals surface area contributed by atoms with Crippen molar-refractivity contribution in [2.75, 3.05) is 5.43 Å². The topological polar surface area (TPSA) is 62.2 Å². The van der Waals surface area contributed by atoms with Gasteiger partial charge in [0.15, 0.2) is 0 Å². The van der Waals surface area contributed by atoms with E-state index >= 15 is 0 Å². The average molecular weight is 355 g/mol. The Morgan fingerprint density at radius 3 is 2.52 bits per heavy atom. The number of nitrogens with zero attached hydrogens (tertiary/aromatic N) is 2. The molecule has 3 rings (SSSR count). The van der Waals surface area contributed by atoms with Gasteiger partial charge in [0.05, 0.1) is 23.2 Å². The van der Waals surface area contributed by atoms with E-state index in [0.29, 0.717) is 16.3 Å². The lowest BCUT2D eigenvalue weighted by molar-refractivity contribution is 0.835. The lowest BCUT2D eigenvalue weighted by Gasteiger charge is -2.04. The molecule has 0 aliphatic heterocycles. The molecule has 2 N–H and O–H groups in total. The summed E-state index contributed by atoms with van der Waals surface area (Å²) in [6.45, 7) is 5.78. The number of aryl methyl sites for hydroxylation is 3. The number of hydrogen-bond donors (Lipinski definition) is 2. The number of H-pyrrole nitrogens is 1. The highest BCUT2D eigenvalue weighted by atomic mass is 35.5. The smallest absolute Gasteiger partial charge is 0.280 e. The molecule has 3 aromatic rings. The van der Waals surface area contributed by atoms with E-state index in [1.54, 1.807) is 6.07 Å². The molecule has 0 radical (unpaired) electrons. The standard InChI is InChI=1S/C19H19ClN4O/c1-12-4-7-15(8-5-12)22-21-11-17-14(3)23-24(19(17)25)16-9-6-13(2)18(20)10-16/h4-11,22-23H,1-3H3. The highest BCUT2D eigenvalue weighted by Crippen LogP contribution is 2.18. The molecule has 0 amide bonds. The molecular weight excluding hydrogens is 336 g/mol. The van der Waals surface area contributed by atoms with Gasteiger partial charge >= 0.3 is 0 Å². The normalized spacial score (nSPS) is 11.2. The molecule has 1 heterocycles. The van der Waals surface area contributed by atoms with Crippen LogP contribution in [-0.4, -0.2) is 16.0 Å². The van der Waals surface area contributed by atoms with Crippen molar-refractivity contribution >= 4 is 23.5 Å². The van der Waals surface area contributed by atoms with E-state index in [2.05, 4.69) is 15.6 Å². The lowest BCUT2D eigenvalue weighted by atomic mass is 10.2. The van der Waals surface area contributed by atoms with Gasteiger partial charge in [0.25, 0.3) is 5.56 Å². The van der Waals surface area contributed by atoms with Crippen molar-refractivity contribution < 1.29 is 0 Å². The van der Waals surface area contributed by atoms with Gasteiger partial charge in [-0.25, -0.2) is 4.68 Å². The third-order valence-electron chi connectivity index (χ3n) is 3.97. The molecule has 0 spiro atoms. The molecule has 0 bridgehead atoms. The second-order valence-corrected chi connectivity index (χ2v) is 6.37. The van der Waals surface area contributed by atoms with E-state index in [4.69, 9.17) is 11.6 Å². The summed E-state index contributed by atoms with van der Waals surface area (Å²) in [6.07, 6.45) is 1.53. The summed E-state index contributed by atoms with van der Waals surface area (Å²) in [5.41, 5.74) is 7.67. The van der Waals surface area contributed by atoms with Crippen LogP contribution in [0.25, 0.3) is 5.69 Å². The second kappa shape index (κ2) is 6.99. The number of halogens is 1. The molecule has 1 aromatic heterocycles. The molecule has 25 heavy (non-hydrogen) atoms. The summed E-state index contributed by atoms with van der Waals surface area (Å²) in [5.74, 6) is 0. The lowest BCUT2D eigenvalue weighted by Crippen LogP contribution is -2.17. The zero-order chi connectivity index (χ0) is 18.0. The van der Waals surface area contributed by atoms with Crippen molar-refractivity contribution in [3.05, 3.63) is 80.2 Å². The second-order valence-electron chi connectivity index (χ2n) is 5.96. The van der Waals surface area contributed by atoms with Gasteiger partial charge in [-0.3, -0.25) is 15.3 Å². The van der Waals surface area contributed by atoms with E-state index < -0.39 is 0 Å². The van der Waals surface area contributed by atoms with Gasteiger partial charge in [0.1, 0.15) is 0 Å². The molecule has 2 aromatic carbocycles. The summed E-state index contributed by atoms with van der Waals surface area (Å²) < 4.78 is 1.47. The summed E-state index contributed by atoms with van der Waals surface area (Å²) in [5, 5.41) is 7.84. The van der Waals surface area contributed by atoms with Gasteiger partial charge in [-0.05, 0) is 50.6 Å². The minimum Gasteiger partial charge on any atom is -0.295 e.